The second-order valence-electron chi connectivity index (χ2n) is 5.50. The number of hydrogen-bond acceptors (Lipinski definition) is 4. The van der Waals surface area contributed by atoms with Gasteiger partial charge >= 0.3 is 5.97 Å². The molecule has 0 aliphatic carbocycles. The van der Waals surface area contributed by atoms with Crippen molar-refractivity contribution < 1.29 is 19.4 Å². The number of rotatable bonds is 5. The van der Waals surface area contributed by atoms with Crippen LogP contribution in [0.5, 0.6) is 5.75 Å². The van der Waals surface area contributed by atoms with E-state index in [2.05, 4.69) is 5.32 Å². The molecular weight excluding hydrogens is 312 g/mol. The molecule has 0 aliphatic rings. The van der Waals surface area contributed by atoms with Crippen LogP contribution in [0.4, 0.5) is 5.69 Å². The maximum Gasteiger partial charge on any atom is 0.335 e. The van der Waals surface area contributed by atoms with Crippen LogP contribution in [-0.4, -0.2) is 27.7 Å². The van der Waals surface area contributed by atoms with E-state index in [-0.39, 0.29) is 28.5 Å². The summed E-state index contributed by atoms with van der Waals surface area (Å²) in [5.41, 5.74) is 0.106. The summed E-state index contributed by atoms with van der Waals surface area (Å²) in [5, 5.41) is 11.7. The Bertz CT molecular complexity index is 839. The van der Waals surface area contributed by atoms with E-state index in [1.54, 1.807) is 7.05 Å². The third-order valence-electron chi connectivity index (χ3n) is 3.20. The first-order valence-corrected chi connectivity index (χ1v) is 7.30. The average molecular weight is 330 g/mol. The van der Waals surface area contributed by atoms with Crippen LogP contribution in [0.25, 0.3) is 0 Å². The number of aromatic nitrogens is 1. The van der Waals surface area contributed by atoms with Gasteiger partial charge in [-0.3, -0.25) is 9.59 Å². The van der Waals surface area contributed by atoms with E-state index < -0.39 is 11.9 Å². The van der Waals surface area contributed by atoms with Crippen LogP contribution in [0.15, 0.2) is 41.3 Å². The lowest BCUT2D eigenvalue weighted by atomic mass is 10.1. The molecule has 0 unspecified atom stereocenters. The second kappa shape index (κ2) is 6.99. The van der Waals surface area contributed by atoms with Gasteiger partial charge < -0.3 is 19.7 Å². The summed E-state index contributed by atoms with van der Waals surface area (Å²) in [6.45, 7) is 3.63. The molecule has 1 aromatic heterocycles. The molecule has 0 fully saturated rings. The average Bonchev–Trinajstić information content (AvgIpc) is 2.50. The smallest absolute Gasteiger partial charge is 0.335 e. The van der Waals surface area contributed by atoms with Crippen LogP contribution in [0, 0.1) is 0 Å². The Kier molecular flexibility index (Phi) is 5.03. The Hall–Kier alpha value is -3.09. The van der Waals surface area contributed by atoms with Crippen LogP contribution in [-0.2, 0) is 7.05 Å². The fourth-order valence-electron chi connectivity index (χ4n) is 2.00. The van der Waals surface area contributed by atoms with Crippen LogP contribution in [0.2, 0.25) is 0 Å². The molecule has 0 bridgehead atoms. The van der Waals surface area contributed by atoms with E-state index in [1.165, 1.54) is 41.1 Å². The summed E-state index contributed by atoms with van der Waals surface area (Å²) in [6, 6.07) is 6.91. The number of nitrogens with one attached hydrogen (secondary N) is 1. The zero-order chi connectivity index (χ0) is 17.9. The summed E-state index contributed by atoms with van der Waals surface area (Å²) in [4.78, 5) is 35.1. The zero-order valence-electron chi connectivity index (χ0n) is 13.6. The van der Waals surface area contributed by atoms with E-state index in [9.17, 15) is 14.4 Å². The van der Waals surface area contributed by atoms with Crippen molar-refractivity contribution in [2.24, 2.45) is 7.05 Å². The number of carbonyl (C=O) groups excluding carboxylic acids is 1. The van der Waals surface area contributed by atoms with Gasteiger partial charge in [-0.05, 0) is 38.1 Å². The van der Waals surface area contributed by atoms with Crippen LogP contribution in [0.1, 0.15) is 34.6 Å². The van der Waals surface area contributed by atoms with E-state index in [1.807, 2.05) is 13.8 Å². The largest absolute Gasteiger partial charge is 0.489 e. The van der Waals surface area contributed by atoms with Crippen LogP contribution >= 0.6 is 0 Å². The molecule has 1 aromatic carbocycles. The summed E-state index contributed by atoms with van der Waals surface area (Å²) in [5.74, 6) is -1.29. The van der Waals surface area contributed by atoms with Gasteiger partial charge in [0.25, 0.3) is 11.5 Å². The lowest BCUT2D eigenvalue weighted by Gasteiger charge is -2.15. The summed E-state index contributed by atoms with van der Waals surface area (Å²) in [7, 11) is 1.58. The fraction of sp³-hybridized carbons (Fsp3) is 0.235. The van der Waals surface area contributed by atoms with Crippen LogP contribution in [0.3, 0.4) is 0 Å². The lowest BCUT2D eigenvalue weighted by molar-refractivity contribution is 0.0696. The van der Waals surface area contributed by atoms with E-state index in [0.717, 1.165) is 0 Å². The molecular formula is C17H18N2O5. The Morgan fingerprint density at radius 3 is 2.46 bits per heavy atom. The van der Waals surface area contributed by atoms with Crippen molar-refractivity contribution in [3.8, 4) is 5.75 Å². The SMILES string of the molecule is CC(C)Oc1ccc(C(=O)O)cc1NC(=O)c1ccn(C)c(=O)c1. The molecule has 126 valence electrons. The number of carbonyl (C=O) groups is 2. The minimum Gasteiger partial charge on any atom is -0.489 e. The van der Waals surface area contributed by atoms with Crippen molar-refractivity contribution >= 4 is 17.6 Å². The topological polar surface area (TPSA) is 97.6 Å². The highest BCUT2D eigenvalue weighted by Gasteiger charge is 2.14. The van der Waals surface area contributed by atoms with E-state index in [0.29, 0.717) is 5.75 Å². The van der Waals surface area contributed by atoms with Crippen molar-refractivity contribution in [3.05, 3.63) is 58.0 Å². The van der Waals surface area contributed by atoms with E-state index >= 15 is 0 Å². The molecule has 24 heavy (non-hydrogen) atoms. The monoisotopic (exact) mass is 330 g/mol. The molecule has 0 saturated carbocycles. The molecule has 0 radical (unpaired) electrons. The van der Waals surface area contributed by atoms with Crippen molar-refractivity contribution in [1.29, 1.82) is 0 Å². The zero-order valence-corrected chi connectivity index (χ0v) is 13.6. The molecule has 1 heterocycles. The summed E-state index contributed by atoms with van der Waals surface area (Å²) < 4.78 is 6.93. The van der Waals surface area contributed by atoms with Gasteiger partial charge in [0.2, 0.25) is 0 Å². The molecule has 2 rings (SSSR count). The highest BCUT2D eigenvalue weighted by molar-refractivity contribution is 6.05. The maximum atomic E-state index is 12.3. The number of anilines is 1. The number of carboxylic acids is 1. The van der Waals surface area contributed by atoms with Gasteiger partial charge in [0.1, 0.15) is 5.75 Å². The molecule has 0 spiro atoms. The minimum atomic E-state index is -1.12. The summed E-state index contributed by atoms with van der Waals surface area (Å²) in [6.07, 6.45) is 1.33. The molecule has 0 atom stereocenters. The van der Waals surface area contributed by atoms with Gasteiger partial charge in [-0.15, -0.1) is 0 Å². The standard InChI is InChI=1S/C17H18N2O5/c1-10(2)24-14-5-4-12(17(22)23)8-13(14)18-16(21)11-6-7-19(3)15(20)9-11/h4-10H,1-3H3,(H,18,21)(H,22,23). The predicted octanol–water partition coefficient (Wildman–Crippen LogP) is 2.12. The molecule has 1 amide bonds. The van der Waals surface area contributed by atoms with Crippen molar-refractivity contribution in [2.75, 3.05) is 5.32 Å². The van der Waals surface area contributed by atoms with Crippen molar-refractivity contribution in [3.63, 3.8) is 0 Å². The highest BCUT2D eigenvalue weighted by atomic mass is 16.5. The quantitative estimate of drug-likeness (QED) is 0.875. The third-order valence-corrected chi connectivity index (χ3v) is 3.20. The van der Waals surface area contributed by atoms with Gasteiger partial charge in [-0.2, -0.15) is 0 Å². The predicted molar refractivity (Wildman–Crippen MR) is 88.8 cm³/mol. The van der Waals surface area contributed by atoms with Gasteiger partial charge in [0.05, 0.1) is 17.4 Å². The molecule has 0 aliphatic heterocycles. The van der Waals surface area contributed by atoms with Crippen molar-refractivity contribution in [2.45, 2.75) is 20.0 Å². The number of ether oxygens (including phenoxy) is 1. The first-order valence-electron chi connectivity index (χ1n) is 7.30. The number of pyridine rings is 1. The first kappa shape index (κ1) is 17.3. The third kappa shape index (κ3) is 4.01. The van der Waals surface area contributed by atoms with Crippen LogP contribution < -0.4 is 15.6 Å². The molecule has 7 heteroatoms. The number of hydrogen-bond donors (Lipinski definition) is 2. The Morgan fingerprint density at radius 2 is 1.88 bits per heavy atom. The second-order valence-corrected chi connectivity index (χ2v) is 5.50. The highest BCUT2D eigenvalue weighted by Crippen LogP contribution is 2.27. The number of benzene rings is 1. The molecule has 2 N–H and O–H groups in total. The number of aromatic carboxylic acids is 1. The van der Waals surface area contributed by atoms with Crippen molar-refractivity contribution in [1.82, 2.24) is 4.57 Å². The number of amides is 1. The normalized spacial score (nSPS) is 10.5. The Balaban J connectivity index is 2.36. The van der Waals surface area contributed by atoms with Gasteiger partial charge in [0.15, 0.2) is 0 Å². The Labute approximate surface area is 138 Å². The van der Waals surface area contributed by atoms with E-state index in [4.69, 9.17) is 9.84 Å². The lowest BCUT2D eigenvalue weighted by Crippen LogP contribution is -2.20. The maximum absolute atomic E-state index is 12.3. The fourth-order valence-corrected chi connectivity index (χ4v) is 2.00. The molecule has 2 aromatic rings. The number of aryl methyl sites for hydroxylation is 1. The first-order chi connectivity index (χ1) is 11.3. The number of carboxylic acid groups (broad SMARTS) is 1. The molecule has 0 saturated heterocycles. The summed E-state index contributed by atoms with van der Waals surface area (Å²) >= 11 is 0. The number of nitrogens with zero attached hydrogens (tertiary/aromatic N) is 1. The Morgan fingerprint density at radius 1 is 1.17 bits per heavy atom. The minimum absolute atomic E-state index is 0.0189. The van der Waals surface area contributed by atoms with Gasteiger partial charge in [-0.1, -0.05) is 0 Å². The molecule has 7 nitrogen and oxygen atoms in total. The van der Waals surface area contributed by atoms with Gasteiger partial charge in [0, 0.05) is 24.9 Å². The van der Waals surface area contributed by atoms with Gasteiger partial charge in [-0.25, -0.2) is 4.79 Å².